The van der Waals surface area contributed by atoms with Crippen LogP contribution in [0.5, 0.6) is 0 Å². The number of halogens is 5. The molecule has 1 nitrogen and oxygen atoms in total. The van der Waals surface area contributed by atoms with Gasteiger partial charge in [-0.05, 0) is 0 Å². The first kappa shape index (κ1) is 10.8. The molecule has 0 amide bonds. The molecule has 1 rings (SSSR count). The normalized spacial score (nSPS) is 36.3. The van der Waals surface area contributed by atoms with Gasteiger partial charge in [-0.15, -0.1) is 6.42 Å². The Morgan fingerprint density at radius 3 is 1.93 bits per heavy atom. The van der Waals surface area contributed by atoms with Crippen molar-refractivity contribution < 1.29 is 22.0 Å². The highest BCUT2D eigenvalue weighted by molar-refractivity contribution is 5.39. The van der Waals surface area contributed by atoms with Gasteiger partial charge >= 0.3 is 6.18 Å². The third-order valence-corrected chi connectivity index (χ3v) is 2.50. The van der Waals surface area contributed by atoms with E-state index in [1.807, 2.05) is 0 Å². The van der Waals surface area contributed by atoms with E-state index in [4.69, 9.17) is 5.26 Å². The first-order valence-electron chi connectivity index (χ1n) is 3.51. The summed E-state index contributed by atoms with van der Waals surface area (Å²) in [6.07, 6.45) is -5.15. The van der Waals surface area contributed by atoms with Crippen LogP contribution < -0.4 is 0 Å². The van der Waals surface area contributed by atoms with E-state index in [1.165, 1.54) is 5.92 Å². The third kappa shape index (κ3) is 0.942. The summed E-state index contributed by atoms with van der Waals surface area (Å²) >= 11 is 0. The van der Waals surface area contributed by atoms with Gasteiger partial charge in [-0.1, -0.05) is 5.92 Å². The van der Waals surface area contributed by atoms with E-state index < -0.39 is 29.9 Å². The molecule has 6 heteroatoms. The van der Waals surface area contributed by atoms with Gasteiger partial charge in [-0.2, -0.15) is 18.4 Å². The Balaban J connectivity index is 3.19. The van der Waals surface area contributed by atoms with Crippen LogP contribution in [-0.4, -0.2) is 12.6 Å². The molecule has 0 aromatic rings. The summed E-state index contributed by atoms with van der Waals surface area (Å²) in [7, 11) is 0. The topological polar surface area (TPSA) is 23.8 Å². The third-order valence-electron chi connectivity index (χ3n) is 2.50. The lowest BCUT2D eigenvalue weighted by Crippen LogP contribution is -2.36. The molecular formula is C8H4F5N. The molecule has 1 aliphatic carbocycles. The van der Waals surface area contributed by atoms with Crippen molar-refractivity contribution in [1.82, 2.24) is 0 Å². The zero-order valence-corrected chi connectivity index (χ0v) is 6.70. The van der Waals surface area contributed by atoms with Gasteiger partial charge < -0.3 is 0 Å². The molecule has 2 atom stereocenters. The Bertz CT molecular complexity index is 317. The number of terminal acetylenes is 1. The minimum absolute atomic E-state index is 1.02. The lowest BCUT2D eigenvalue weighted by atomic mass is 9.94. The molecule has 0 aromatic carbocycles. The van der Waals surface area contributed by atoms with E-state index in [0.29, 0.717) is 0 Å². The van der Waals surface area contributed by atoms with E-state index >= 15 is 0 Å². The van der Waals surface area contributed by atoms with Crippen molar-refractivity contribution in [3.05, 3.63) is 0 Å². The van der Waals surface area contributed by atoms with Crippen LogP contribution >= 0.6 is 0 Å². The molecule has 1 fully saturated rings. The van der Waals surface area contributed by atoms with Crippen LogP contribution in [0.2, 0.25) is 0 Å². The molecule has 2 unspecified atom stereocenters. The van der Waals surface area contributed by atoms with Crippen molar-refractivity contribution in [2.45, 2.75) is 19.0 Å². The maximum Gasteiger partial charge on any atom is 0.402 e. The summed E-state index contributed by atoms with van der Waals surface area (Å²) < 4.78 is 61.4. The van der Waals surface area contributed by atoms with Crippen LogP contribution in [-0.2, 0) is 0 Å². The van der Waals surface area contributed by atoms with Gasteiger partial charge in [0.2, 0.25) is 0 Å². The molecule has 0 bridgehead atoms. The predicted octanol–water partition coefficient (Wildman–Crippen LogP) is 2.35. The quantitative estimate of drug-likeness (QED) is 0.480. The Hall–Kier alpha value is -1.30. The molecule has 0 heterocycles. The standard InChI is InChI=1S/C8H4F5N/c1-2-6(4-14)3-7(6,5(9)10)8(11,12)13/h1,5H,3H2. The fourth-order valence-electron chi connectivity index (χ4n) is 1.45. The number of hydrogen-bond acceptors (Lipinski definition) is 1. The maximum absolute atomic E-state index is 12.3. The lowest BCUT2D eigenvalue weighted by molar-refractivity contribution is -0.228. The van der Waals surface area contributed by atoms with Gasteiger partial charge in [0.15, 0.2) is 5.41 Å². The number of alkyl halides is 5. The second-order valence-electron chi connectivity index (χ2n) is 3.11. The molecule has 0 radical (unpaired) electrons. The Kier molecular flexibility index (Phi) is 2.00. The SMILES string of the molecule is C#CC1(C#N)CC1(C(F)F)C(F)(F)F. The number of rotatable bonds is 1. The van der Waals surface area contributed by atoms with Crippen molar-refractivity contribution in [3.63, 3.8) is 0 Å². The highest BCUT2D eigenvalue weighted by atomic mass is 19.4. The van der Waals surface area contributed by atoms with Crippen LogP contribution in [0, 0.1) is 34.5 Å². The Morgan fingerprint density at radius 2 is 1.86 bits per heavy atom. The van der Waals surface area contributed by atoms with Gasteiger partial charge in [0.25, 0.3) is 6.43 Å². The Labute approximate surface area is 76.5 Å². The molecule has 0 aromatic heterocycles. The van der Waals surface area contributed by atoms with Crippen molar-refractivity contribution in [2.24, 2.45) is 10.8 Å². The zero-order chi connectivity index (χ0) is 11.2. The number of nitrogens with zero attached hydrogens (tertiary/aromatic N) is 1. The maximum atomic E-state index is 12.3. The van der Waals surface area contributed by atoms with Gasteiger partial charge in [-0.3, -0.25) is 0 Å². The van der Waals surface area contributed by atoms with Crippen LogP contribution in [0.1, 0.15) is 6.42 Å². The van der Waals surface area contributed by atoms with Gasteiger partial charge in [0.05, 0.1) is 6.07 Å². The van der Waals surface area contributed by atoms with Crippen LogP contribution in [0.15, 0.2) is 0 Å². The van der Waals surface area contributed by atoms with Gasteiger partial charge in [0, 0.05) is 6.42 Å². The summed E-state index contributed by atoms with van der Waals surface area (Å²) in [6, 6.07) is 1.14. The van der Waals surface area contributed by atoms with E-state index in [9.17, 15) is 22.0 Å². The second kappa shape index (κ2) is 2.60. The van der Waals surface area contributed by atoms with Crippen molar-refractivity contribution >= 4 is 0 Å². The van der Waals surface area contributed by atoms with E-state index in [2.05, 4.69) is 6.42 Å². The molecule has 76 valence electrons. The number of nitriles is 1. The fourth-order valence-corrected chi connectivity index (χ4v) is 1.45. The molecule has 0 aliphatic heterocycles. The molecule has 0 N–H and O–H groups in total. The van der Waals surface area contributed by atoms with Crippen molar-refractivity contribution in [2.75, 3.05) is 0 Å². The Morgan fingerprint density at radius 1 is 1.36 bits per heavy atom. The molecule has 14 heavy (non-hydrogen) atoms. The van der Waals surface area contributed by atoms with Crippen LogP contribution in [0.3, 0.4) is 0 Å². The van der Waals surface area contributed by atoms with Gasteiger partial charge in [0.1, 0.15) is 5.41 Å². The van der Waals surface area contributed by atoms with Crippen molar-refractivity contribution in [1.29, 1.82) is 5.26 Å². The summed E-state index contributed by atoms with van der Waals surface area (Å²) in [5, 5.41) is 8.38. The second-order valence-corrected chi connectivity index (χ2v) is 3.11. The van der Waals surface area contributed by atoms with Crippen LogP contribution in [0.25, 0.3) is 0 Å². The first-order valence-corrected chi connectivity index (χ1v) is 3.51. The summed E-state index contributed by atoms with van der Waals surface area (Å²) in [4.78, 5) is 0. The lowest BCUT2D eigenvalue weighted by Gasteiger charge is -2.20. The molecular weight excluding hydrogens is 205 g/mol. The molecule has 0 saturated heterocycles. The summed E-state index contributed by atoms with van der Waals surface area (Å²) in [5.41, 5.74) is -5.72. The number of hydrogen-bond donors (Lipinski definition) is 0. The van der Waals surface area contributed by atoms with E-state index in [0.717, 1.165) is 6.07 Å². The summed E-state index contributed by atoms with van der Waals surface area (Å²) in [6.45, 7) is 0. The molecule has 1 saturated carbocycles. The highest BCUT2D eigenvalue weighted by Gasteiger charge is 2.85. The first-order chi connectivity index (χ1) is 6.27. The van der Waals surface area contributed by atoms with Crippen molar-refractivity contribution in [3.8, 4) is 18.4 Å². The van der Waals surface area contributed by atoms with Crippen LogP contribution in [0.4, 0.5) is 22.0 Å². The van der Waals surface area contributed by atoms with E-state index in [-0.39, 0.29) is 0 Å². The monoisotopic (exact) mass is 209 g/mol. The average molecular weight is 209 g/mol. The van der Waals surface area contributed by atoms with Gasteiger partial charge in [-0.25, -0.2) is 8.78 Å². The predicted molar refractivity (Wildman–Crippen MR) is 36.0 cm³/mol. The minimum Gasteiger partial charge on any atom is -0.209 e. The smallest absolute Gasteiger partial charge is 0.209 e. The van der Waals surface area contributed by atoms with E-state index in [1.54, 1.807) is 0 Å². The minimum atomic E-state index is -5.15. The zero-order valence-electron chi connectivity index (χ0n) is 6.70. The average Bonchev–Trinajstić information content (AvgIpc) is 2.74. The molecule has 1 aliphatic rings. The largest absolute Gasteiger partial charge is 0.402 e. The summed E-state index contributed by atoms with van der Waals surface area (Å²) in [5.74, 6) is 1.52. The highest BCUT2D eigenvalue weighted by Crippen LogP contribution is 2.73. The molecule has 0 spiro atoms. The fraction of sp³-hybridized carbons (Fsp3) is 0.625.